The lowest BCUT2D eigenvalue weighted by atomic mass is 10.0. The smallest absolute Gasteiger partial charge is 0.234 e. The predicted octanol–water partition coefficient (Wildman–Crippen LogP) is 4.01. The molecule has 42 heavy (non-hydrogen) atoms. The maximum atomic E-state index is 9.05. The van der Waals surface area contributed by atoms with Crippen molar-refractivity contribution in [3.05, 3.63) is 78.4 Å². The highest BCUT2D eigenvalue weighted by molar-refractivity contribution is 5.84. The number of nitrogens with one attached hydrogen (secondary N) is 1. The Morgan fingerprint density at radius 2 is 1.74 bits per heavy atom. The van der Waals surface area contributed by atoms with Crippen LogP contribution in [0.3, 0.4) is 0 Å². The molecular weight excluding hydrogens is 526 g/mol. The molecule has 0 radical (unpaired) electrons. The standard InChI is InChI=1S/C31H31N11/c32-19-27-34-14-10-26(38-27)36-22-11-17-40(18-12-22)20-21-4-6-23(7-5-21)42-30(24-3-1-13-35-29(24)33)37-25-8-9-28(39-31(25)42)41-15-2-16-41/h1,3-10,13-14,22H,2,11-12,15-18,20H2,(H2,33,35)(H,34,36,38). The van der Waals surface area contributed by atoms with Crippen molar-refractivity contribution in [3.63, 3.8) is 0 Å². The summed E-state index contributed by atoms with van der Waals surface area (Å²) in [5.74, 6) is 3.04. The molecule has 0 amide bonds. The van der Waals surface area contributed by atoms with Crippen LogP contribution in [0.5, 0.6) is 0 Å². The van der Waals surface area contributed by atoms with Crippen molar-refractivity contribution in [2.24, 2.45) is 0 Å². The highest BCUT2D eigenvalue weighted by atomic mass is 15.2. The highest BCUT2D eigenvalue weighted by Crippen LogP contribution is 2.32. The van der Waals surface area contributed by atoms with E-state index < -0.39 is 0 Å². The Balaban J connectivity index is 1.10. The Labute approximate surface area is 243 Å². The number of nitrogens with two attached hydrogens (primary N) is 1. The number of hydrogen-bond acceptors (Lipinski definition) is 10. The van der Waals surface area contributed by atoms with Gasteiger partial charge in [0.25, 0.3) is 0 Å². The number of rotatable bonds is 7. The summed E-state index contributed by atoms with van der Waals surface area (Å²) in [6.07, 6.45) is 6.52. The zero-order valence-corrected chi connectivity index (χ0v) is 23.2. The van der Waals surface area contributed by atoms with Gasteiger partial charge in [0.05, 0.1) is 5.56 Å². The Morgan fingerprint density at radius 1 is 0.905 bits per heavy atom. The maximum absolute atomic E-state index is 9.05. The summed E-state index contributed by atoms with van der Waals surface area (Å²) in [4.78, 5) is 27.3. The molecule has 2 fully saturated rings. The Bertz CT molecular complexity index is 1760. The number of fused-ring (bicyclic) bond motifs is 1. The number of likely N-dealkylation sites (tertiary alicyclic amines) is 1. The lowest BCUT2D eigenvalue weighted by molar-refractivity contribution is 0.211. The molecule has 0 bridgehead atoms. The lowest BCUT2D eigenvalue weighted by Crippen LogP contribution is -2.38. The second-order valence-corrected chi connectivity index (χ2v) is 10.8. The average molecular weight is 558 g/mol. The topological polar surface area (TPSA) is 138 Å². The van der Waals surface area contributed by atoms with E-state index in [0.29, 0.717) is 17.7 Å². The average Bonchev–Trinajstić information content (AvgIpc) is 3.37. The van der Waals surface area contributed by atoms with Crippen LogP contribution in [-0.4, -0.2) is 66.6 Å². The Morgan fingerprint density at radius 3 is 2.48 bits per heavy atom. The minimum atomic E-state index is 0.188. The van der Waals surface area contributed by atoms with Crippen molar-refractivity contribution in [2.45, 2.75) is 31.8 Å². The van der Waals surface area contributed by atoms with E-state index in [1.54, 1.807) is 12.4 Å². The highest BCUT2D eigenvalue weighted by Gasteiger charge is 2.22. The van der Waals surface area contributed by atoms with Gasteiger partial charge in [-0.1, -0.05) is 12.1 Å². The molecule has 11 heteroatoms. The number of anilines is 3. The van der Waals surface area contributed by atoms with Gasteiger partial charge in [-0.05, 0) is 67.3 Å². The second-order valence-electron chi connectivity index (χ2n) is 10.8. The number of nitrogen functional groups attached to an aromatic ring is 1. The molecule has 210 valence electrons. The van der Waals surface area contributed by atoms with Crippen LogP contribution in [0.25, 0.3) is 28.2 Å². The molecule has 6 heterocycles. The zero-order valence-electron chi connectivity index (χ0n) is 23.2. The van der Waals surface area contributed by atoms with E-state index >= 15 is 0 Å². The van der Waals surface area contributed by atoms with Crippen LogP contribution in [0.4, 0.5) is 17.5 Å². The molecule has 3 N–H and O–H groups in total. The van der Waals surface area contributed by atoms with Gasteiger partial charge in [-0.25, -0.2) is 24.9 Å². The van der Waals surface area contributed by atoms with E-state index in [-0.39, 0.29) is 5.82 Å². The van der Waals surface area contributed by atoms with E-state index in [0.717, 1.165) is 79.6 Å². The fourth-order valence-electron chi connectivity index (χ4n) is 5.65. The van der Waals surface area contributed by atoms with Crippen molar-refractivity contribution >= 4 is 28.6 Å². The number of nitrogens with zero attached hydrogens (tertiary/aromatic N) is 9. The third kappa shape index (κ3) is 5.08. The molecule has 2 aliphatic heterocycles. The van der Waals surface area contributed by atoms with Gasteiger partial charge in [0.1, 0.15) is 29.0 Å². The number of benzene rings is 1. The molecule has 0 spiro atoms. The first-order chi connectivity index (χ1) is 20.6. The van der Waals surface area contributed by atoms with E-state index in [9.17, 15) is 0 Å². The first kappa shape index (κ1) is 25.9. The molecule has 5 aromatic rings. The monoisotopic (exact) mass is 557 g/mol. The molecule has 0 unspecified atom stereocenters. The molecule has 0 atom stereocenters. The first-order valence-electron chi connectivity index (χ1n) is 14.3. The number of piperidine rings is 1. The van der Waals surface area contributed by atoms with Crippen molar-refractivity contribution in [2.75, 3.05) is 42.1 Å². The fourth-order valence-corrected chi connectivity index (χ4v) is 5.65. The van der Waals surface area contributed by atoms with Crippen molar-refractivity contribution < 1.29 is 0 Å². The lowest BCUT2D eigenvalue weighted by Gasteiger charge is -2.32. The summed E-state index contributed by atoms with van der Waals surface area (Å²) in [5.41, 5.74) is 11.0. The molecule has 0 saturated carbocycles. The molecule has 7 rings (SSSR count). The van der Waals surface area contributed by atoms with E-state index in [1.165, 1.54) is 12.0 Å². The third-order valence-corrected chi connectivity index (χ3v) is 8.05. The van der Waals surface area contributed by atoms with Crippen LogP contribution < -0.4 is 16.0 Å². The van der Waals surface area contributed by atoms with Gasteiger partial charge in [0.15, 0.2) is 11.5 Å². The number of imidazole rings is 1. The Hall–Kier alpha value is -5.08. The molecule has 2 saturated heterocycles. The number of pyridine rings is 2. The first-order valence-corrected chi connectivity index (χ1v) is 14.3. The fraction of sp³-hybridized carbons (Fsp3) is 0.290. The van der Waals surface area contributed by atoms with Gasteiger partial charge in [-0.3, -0.25) is 9.47 Å². The van der Waals surface area contributed by atoms with Crippen LogP contribution in [0.2, 0.25) is 0 Å². The minimum Gasteiger partial charge on any atom is -0.383 e. The summed E-state index contributed by atoms with van der Waals surface area (Å²) >= 11 is 0. The van der Waals surface area contributed by atoms with Gasteiger partial charge in [-0.2, -0.15) is 5.26 Å². The zero-order chi connectivity index (χ0) is 28.5. The number of aromatic nitrogens is 6. The van der Waals surface area contributed by atoms with Crippen LogP contribution in [0.15, 0.2) is 67.0 Å². The van der Waals surface area contributed by atoms with Gasteiger partial charge < -0.3 is 16.0 Å². The Kier molecular flexibility index (Phi) is 6.81. The van der Waals surface area contributed by atoms with Gasteiger partial charge >= 0.3 is 0 Å². The van der Waals surface area contributed by atoms with Gasteiger partial charge in [-0.15, -0.1) is 0 Å². The summed E-state index contributed by atoms with van der Waals surface area (Å²) in [6.45, 7) is 4.90. The summed E-state index contributed by atoms with van der Waals surface area (Å²) < 4.78 is 2.10. The van der Waals surface area contributed by atoms with Crippen LogP contribution in [-0.2, 0) is 6.54 Å². The normalized spacial score (nSPS) is 15.8. The SMILES string of the molecule is N#Cc1nccc(NC2CCN(Cc3ccc(-n4c(-c5cccnc5N)nc5ccc(N6CCC6)nc54)cc3)CC2)n1. The molecule has 4 aromatic heterocycles. The quantitative estimate of drug-likeness (QED) is 0.302. The molecular formula is C31H31N11. The summed E-state index contributed by atoms with van der Waals surface area (Å²) in [6, 6.07) is 20.7. The van der Waals surface area contributed by atoms with Gasteiger partial charge in [0, 0.05) is 56.8 Å². The summed E-state index contributed by atoms with van der Waals surface area (Å²) in [5, 5.41) is 12.5. The second kappa shape index (κ2) is 11.1. The minimum absolute atomic E-state index is 0.188. The molecule has 11 nitrogen and oxygen atoms in total. The van der Waals surface area contributed by atoms with Gasteiger partial charge in [0.2, 0.25) is 5.82 Å². The van der Waals surface area contributed by atoms with Crippen molar-refractivity contribution in [3.8, 4) is 23.1 Å². The van der Waals surface area contributed by atoms with Crippen LogP contribution in [0, 0.1) is 11.3 Å². The maximum Gasteiger partial charge on any atom is 0.234 e. The number of nitriles is 1. The largest absolute Gasteiger partial charge is 0.383 e. The number of hydrogen-bond donors (Lipinski definition) is 2. The predicted molar refractivity (Wildman–Crippen MR) is 162 cm³/mol. The molecule has 1 aromatic carbocycles. The van der Waals surface area contributed by atoms with Crippen molar-refractivity contribution in [1.29, 1.82) is 5.26 Å². The van der Waals surface area contributed by atoms with Crippen LogP contribution in [0.1, 0.15) is 30.7 Å². The van der Waals surface area contributed by atoms with Crippen molar-refractivity contribution in [1.82, 2.24) is 34.4 Å². The van der Waals surface area contributed by atoms with E-state index in [4.69, 9.17) is 21.0 Å². The van der Waals surface area contributed by atoms with Crippen LogP contribution >= 0.6 is 0 Å². The third-order valence-electron chi connectivity index (χ3n) is 8.05. The molecule has 2 aliphatic rings. The molecule has 0 aliphatic carbocycles. The van der Waals surface area contributed by atoms with E-state index in [2.05, 4.69) is 58.9 Å². The summed E-state index contributed by atoms with van der Waals surface area (Å²) in [7, 11) is 0. The van der Waals surface area contributed by atoms with E-state index in [1.807, 2.05) is 36.4 Å².